The lowest BCUT2D eigenvalue weighted by Crippen LogP contribution is -2.10. The van der Waals surface area contributed by atoms with Gasteiger partial charge in [-0.15, -0.1) is 0 Å². The first-order valence-electron chi connectivity index (χ1n) is 8.17. The number of aryl methyl sites for hydroxylation is 1. The molecular formula is C18H21N7S. The summed E-state index contributed by atoms with van der Waals surface area (Å²) in [5.41, 5.74) is 9.34. The molecule has 2 N–H and O–H groups in total. The van der Waals surface area contributed by atoms with E-state index in [9.17, 15) is 0 Å². The summed E-state index contributed by atoms with van der Waals surface area (Å²) in [6, 6.07) is 5.60. The quantitative estimate of drug-likeness (QED) is 0.547. The highest BCUT2D eigenvalue weighted by Gasteiger charge is 2.15. The molecule has 3 rings (SSSR count). The van der Waals surface area contributed by atoms with E-state index in [0.717, 1.165) is 17.8 Å². The first-order chi connectivity index (χ1) is 12.4. The molecule has 0 aliphatic heterocycles. The van der Waals surface area contributed by atoms with E-state index in [1.807, 2.05) is 26.2 Å². The first kappa shape index (κ1) is 18.2. The lowest BCUT2D eigenvalue weighted by molar-refractivity contribution is 0.404. The van der Waals surface area contributed by atoms with Gasteiger partial charge in [-0.05, 0) is 32.6 Å². The Balaban J connectivity index is 1.92. The van der Waals surface area contributed by atoms with Gasteiger partial charge in [0.25, 0.3) is 0 Å². The number of nitrogens with zero attached hydrogens (tertiary/aromatic N) is 6. The Kier molecular flexibility index (Phi) is 5.11. The van der Waals surface area contributed by atoms with Crippen molar-refractivity contribution in [3.8, 4) is 6.07 Å². The van der Waals surface area contributed by atoms with Gasteiger partial charge in [0.2, 0.25) is 0 Å². The number of hydrogen-bond donors (Lipinski definition) is 1. The van der Waals surface area contributed by atoms with Gasteiger partial charge in [-0.2, -0.15) is 5.26 Å². The molecule has 1 unspecified atom stereocenters. The Labute approximate surface area is 156 Å². The second-order valence-electron chi connectivity index (χ2n) is 6.46. The Morgan fingerprint density at radius 2 is 2.12 bits per heavy atom. The first-order valence-corrected chi connectivity index (χ1v) is 9.05. The molecule has 0 radical (unpaired) electrons. The molecule has 3 aromatic heterocycles. The molecule has 1 atom stereocenters. The summed E-state index contributed by atoms with van der Waals surface area (Å²) in [6.07, 6.45) is 4.05. The summed E-state index contributed by atoms with van der Waals surface area (Å²) in [5.74, 6) is 0.297. The van der Waals surface area contributed by atoms with Crippen LogP contribution in [0.3, 0.4) is 0 Å². The zero-order chi connectivity index (χ0) is 18.8. The molecule has 0 spiro atoms. The maximum Gasteiger partial charge on any atom is 0.191 e. The summed E-state index contributed by atoms with van der Waals surface area (Å²) < 4.78 is 2.10. The van der Waals surface area contributed by atoms with Crippen molar-refractivity contribution in [1.29, 1.82) is 5.26 Å². The number of thioether (sulfide) groups is 1. The van der Waals surface area contributed by atoms with E-state index in [2.05, 4.69) is 50.8 Å². The predicted octanol–water partition coefficient (Wildman–Crippen LogP) is 2.73. The summed E-state index contributed by atoms with van der Waals surface area (Å²) in [7, 11) is 6.15. The number of aromatic nitrogens is 4. The molecule has 0 bridgehead atoms. The number of nitrogen functional groups attached to an aromatic ring is 1. The molecular weight excluding hydrogens is 346 g/mol. The number of pyridine rings is 1. The molecule has 26 heavy (non-hydrogen) atoms. The van der Waals surface area contributed by atoms with E-state index < -0.39 is 0 Å². The number of fused-ring (bicyclic) bond motifs is 1. The average molecular weight is 367 g/mol. The lowest BCUT2D eigenvalue weighted by atomic mass is 10.1. The summed E-state index contributed by atoms with van der Waals surface area (Å²) in [6.45, 7) is 2.91. The lowest BCUT2D eigenvalue weighted by Gasteiger charge is -2.12. The van der Waals surface area contributed by atoms with Gasteiger partial charge >= 0.3 is 0 Å². The van der Waals surface area contributed by atoms with Crippen LogP contribution in [0.5, 0.6) is 0 Å². The smallest absolute Gasteiger partial charge is 0.191 e. The van der Waals surface area contributed by atoms with Crippen molar-refractivity contribution in [3.05, 3.63) is 41.5 Å². The van der Waals surface area contributed by atoms with Crippen LogP contribution >= 0.6 is 11.8 Å². The third-order valence-corrected chi connectivity index (χ3v) is 4.99. The van der Waals surface area contributed by atoms with E-state index in [0.29, 0.717) is 11.0 Å². The van der Waals surface area contributed by atoms with Crippen molar-refractivity contribution in [2.75, 3.05) is 19.8 Å². The Hall–Kier alpha value is -2.63. The standard InChI is InChI=1S/C18H21N7S/c1-11(26-18-22-13(7-19)5-17(20)23-18)15-6-14-12(9-24(2)3)10-25(4)16(14)8-21-15/h5-6,8,10-11H,9H2,1-4H3,(H2,20,22,23). The van der Waals surface area contributed by atoms with Crippen molar-refractivity contribution in [3.63, 3.8) is 0 Å². The summed E-state index contributed by atoms with van der Waals surface area (Å²) in [4.78, 5) is 15.2. The molecule has 3 heterocycles. The minimum atomic E-state index is 0.0279. The molecule has 0 saturated heterocycles. The highest BCUT2D eigenvalue weighted by atomic mass is 32.2. The van der Waals surface area contributed by atoms with Gasteiger partial charge in [0.05, 0.1) is 22.7 Å². The zero-order valence-corrected chi connectivity index (χ0v) is 16.1. The predicted molar refractivity (Wildman–Crippen MR) is 104 cm³/mol. The van der Waals surface area contributed by atoms with E-state index in [1.165, 1.54) is 28.8 Å². The highest BCUT2D eigenvalue weighted by Crippen LogP contribution is 2.34. The molecule has 0 aliphatic carbocycles. The van der Waals surface area contributed by atoms with Crippen LogP contribution in [-0.4, -0.2) is 38.5 Å². The number of hydrogen-bond acceptors (Lipinski definition) is 7. The molecule has 0 saturated carbocycles. The van der Waals surface area contributed by atoms with Crippen LogP contribution in [0, 0.1) is 11.3 Å². The topological polar surface area (TPSA) is 96.6 Å². The third kappa shape index (κ3) is 3.79. The Bertz CT molecular complexity index is 987. The minimum absolute atomic E-state index is 0.0279. The maximum atomic E-state index is 9.04. The molecule has 134 valence electrons. The second-order valence-corrected chi connectivity index (χ2v) is 7.77. The van der Waals surface area contributed by atoms with Crippen LogP contribution in [0.4, 0.5) is 5.82 Å². The summed E-state index contributed by atoms with van der Waals surface area (Å²) >= 11 is 1.44. The van der Waals surface area contributed by atoms with Crippen LogP contribution in [-0.2, 0) is 13.6 Å². The van der Waals surface area contributed by atoms with Crippen LogP contribution in [0.15, 0.2) is 29.7 Å². The molecule has 0 fully saturated rings. The van der Waals surface area contributed by atoms with E-state index in [1.54, 1.807) is 0 Å². The van der Waals surface area contributed by atoms with Crippen LogP contribution < -0.4 is 5.73 Å². The number of rotatable bonds is 5. The van der Waals surface area contributed by atoms with Crippen molar-refractivity contribution in [2.24, 2.45) is 7.05 Å². The van der Waals surface area contributed by atoms with Gasteiger partial charge in [-0.3, -0.25) is 4.98 Å². The SMILES string of the molecule is CC(Sc1nc(N)cc(C#N)n1)c1cc2c(CN(C)C)cn(C)c2cn1. The molecule has 3 aromatic rings. The third-order valence-electron chi connectivity index (χ3n) is 4.00. The normalized spacial score (nSPS) is 12.5. The summed E-state index contributed by atoms with van der Waals surface area (Å²) in [5, 5.41) is 10.7. The monoisotopic (exact) mass is 367 g/mol. The van der Waals surface area contributed by atoms with Gasteiger partial charge in [-0.25, -0.2) is 9.97 Å². The van der Waals surface area contributed by atoms with Crippen LogP contribution in [0.25, 0.3) is 10.9 Å². The van der Waals surface area contributed by atoms with Crippen LogP contribution in [0.2, 0.25) is 0 Å². The van der Waals surface area contributed by atoms with E-state index in [4.69, 9.17) is 11.0 Å². The van der Waals surface area contributed by atoms with E-state index in [-0.39, 0.29) is 10.9 Å². The van der Waals surface area contributed by atoms with Crippen molar-refractivity contribution < 1.29 is 0 Å². The molecule has 7 nitrogen and oxygen atoms in total. The van der Waals surface area contributed by atoms with Gasteiger partial charge in [0, 0.05) is 31.2 Å². The number of nitrogens with two attached hydrogens (primary N) is 1. The second kappa shape index (κ2) is 7.32. The number of anilines is 1. The fraction of sp³-hybridized carbons (Fsp3) is 0.333. The molecule has 0 aromatic carbocycles. The van der Waals surface area contributed by atoms with Crippen LogP contribution in [0.1, 0.15) is 29.1 Å². The number of nitriles is 1. The Morgan fingerprint density at radius 1 is 1.35 bits per heavy atom. The fourth-order valence-corrected chi connectivity index (χ4v) is 3.71. The van der Waals surface area contributed by atoms with Crippen molar-refractivity contribution in [2.45, 2.75) is 23.9 Å². The van der Waals surface area contributed by atoms with Gasteiger partial charge in [0.15, 0.2) is 5.16 Å². The van der Waals surface area contributed by atoms with Crippen molar-refractivity contribution >= 4 is 28.5 Å². The Morgan fingerprint density at radius 3 is 2.81 bits per heavy atom. The largest absolute Gasteiger partial charge is 0.384 e. The molecule has 8 heteroatoms. The zero-order valence-electron chi connectivity index (χ0n) is 15.3. The fourth-order valence-electron chi connectivity index (χ4n) is 2.84. The van der Waals surface area contributed by atoms with Gasteiger partial charge < -0.3 is 15.2 Å². The van der Waals surface area contributed by atoms with Crippen molar-refractivity contribution in [1.82, 2.24) is 24.4 Å². The molecule has 0 amide bonds. The highest BCUT2D eigenvalue weighted by molar-refractivity contribution is 7.99. The maximum absolute atomic E-state index is 9.04. The molecule has 0 aliphatic rings. The minimum Gasteiger partial charge on any atom is -0.384 e. The van der Waals surface area contributed by atoms with Gasteiger partial charge in [0.1, 0.15) is 17.6 Å². The average Bonchev–Trinajstić information content (AvgIpc) is 2.89. The van der Waals surface area contributed by atoms with E-state index >= 15 is 0 Å². The van der Waals surface area contributed by atoms with Gasteiger partial charge in [-0.1, -0.05) is 11.8 Å².